The standard InChI is InChI=1S/C31H35Cl2F3N4O6S3.Na/c1-4-37-25-11-10-22(47-31(34,35)36)18-26(25)39(14-6-16-48(41,42)43)29(37)12-8-21(3)9-13-30-38(5-2)27-19-23(32)24(33)20-28(27)40(30)15-7-17-49(44,45)46;/h8-13,18-20H,4-7,14-17H2,1-3H3,(H-,41,42,43,44,45,46);/q;+1/p-1. The van der Waals surface area contributed by atoms with Crippen molar-refractivity contribution in [2.24, 2.45) is 0 Å². The van der Waals surface area contributed by atoms with Crippen LogP contribution in [0.5, 0.6) is 0 Å². The predicted octanol–water partition coefficient (Wildman–Crippen LogP) is 3.89. The SMILES string of the molecule is CCN1\C(=C/C=C(C)\C=C\c2n(CCCS(=O)(=O)[O-])c3cc(SC(F)(F)F)ccc3[n+]2CC)N(CCCS(=O)(=O)[O-])c2cc(Cl)c(Cl)cc21.[Na+]. The van der Waals surface area contributed by atoms with E-state index >= 15 is 0 Å². The van der Waals surface area contributed by atoms with Gasteiger partial charge in [-0.2, -0.15) is 13.2 Å². The van der Waals surface area contributed by atoms with Gasteiger partial charge in [0.05, 0.1) is 54.7 Å². The number of hydrogen-bond acceptors (Lipinski definition) is 9. The minimum Gasteiger partial charge on any atom is -0.748 e. The van der Waals surface area contributed by atoms with Gasteiger partial charge >= 0.3 is 35.1 Å². The van der Waals surface area contributed by atoms with E-state index in [9.17, 15) is 39.1 Å². The zero-order valence-electron chi connectivity index (χ0n) is 27.7. The van der Waals surface area contributed by atoms with Crippen LogP contribution in [0.3, 0.4) is 0 Å². The first-order chi connectivity index (χ1) is 22.8. The van der Waals surface area contributed by atoms with Gasteiger partial charge < -0.3 is 18.9 Å². The summed E-state index contributed by atoms with van der Waals surface area (Å²) in [6.07, 6.45) is 7.26. The minimum atomic E-state index is -4.51. The molecule has 0 radical (unpaired) electrons. The molecule has 268 valence electrons. The van der Waals surface area contributed by atoms with Gasteiger partial charge in [0, 0.05) is 41.6 Å². The number of hydrogen-bond donors (Lipinski definition) is 0. The number of benzene rings is 2. The summed E-state index contributed by atoms with van der Waals surface area (Å²) in [6.45, 7) is 6.89. The van der Waals surface area contributed by atoms with Crippen LogP contribution in [0, 0.1) is 0 Å². The van der Waals surface area contributed by atoms with Crippen LogP contribution in [0.2, 0.25) is 10.0 Å². The molecule has 2 heterocycles. The number of imidazole rings is 1. The van der Waals surface area contributed by atoms with E-state index < -0.39 is 37.3 Å². The van der Waals surface area contributed by atoms with Crippen molar-refractivity contribution < 1.29 is 73.2 Å². The Hall–Kier alpha value is -1.73. The molecular formula is C31H34Cl2F3N4NaO6S3. The Labute approximate surface area is 326 Å². The van der Waals surface area contributed by atoms with E-state index in [0.29, 0.717) is 51.5 Å². The van der Waals surface area contributed by atoms with Gasteiger partial charge in [-0.3, -0.25) is 0 Å². The Balaban J connectivity index is 0.00000676. The molecule has 2 aromatic carbocycles. The van der Waals surface area contributed by atoms with Gasteiger partial charge in [0.15, 0.2) is 11.0 Å². The Morgan fingerprint density at radius 3 is 2.06 bits per heavy atom. The topological polar surface area (TPSA) is 130 Å². The summed E-state index contributed by atoms with van der Waals surface area (Å²) in [6, 6.07) is 7.76. The number of allylic oxidation sites excluding steroid dienone is 4. The second kappa shape index (κ2) is 17.4. The van der Waals surface area contributed by atoms with Crippen LogP contribution in [0.15, 0.2) is 64.8 Å². The summed E-state index contributed by atoms with van der Waals surface area (Å²) < 4.78 is 111. The molecule has 0 spiro atoms. The summed E-state index contributed by atoms with van der Waals surface area (Å²) in [5, 5.41) is 0.652. The number of fused-ring (bicyclic) bond motifs is 2. The third kappa shape index (κ3) is 11.1. The van der Waals surface area contributed by atoms with Gasteiger partial charge in [0.1, 0.15) is 5.82 Å². The van der Waals surface area contributed by atoms with E-state index in [1.807, 2.05) is 47.3 Å². The summed E-state index contributed by atoms with van der Waals surface area (Å²) in [4.78, 5) is 3.80. The molecule has 0 saturated heterocycles. The largest absolute Gasteiger partial charge is 1.00 e. The number of halogens is 5. The first-order valence-electron chi connectivity index (χ1n) is 15.1. The molecule has 50 heavy (non-hydrogen) atoms. The number of nitrogens with zero attached hydrogens (tertiary/aromatic N) is 4. The van der Waals surface area contributed by atoms with E-state index in [-0.39, 0.29) is 72.1 Å². The molecule has 0 amide bonds. The fourth-order valence-electron chi connectivity index (χ4n) is 5.65. The van der Waals surface area contributed by atoms with Crippen LogP contribution in [0.1, 0.15) is 39.4 Å². The summed E-state index contributed by atoms with van der Waals surface area (Å²) in [5.41, 5.74) is -1.20. The van der Waals surface area contributed by atoms with Crippen molar-refractivity contribution in [3.05, 3.63) is 75.8 Å². The molecule has 19 heteroatoms. The quantitative estimate of drug-likeness (QED) is 0.0784. The van der Waals surface area contributed by atoms with Crippen LogP contribution in [-0.2, 0) is 33.3 Å². The zero-order chi connectivity index (χ0) is 36.3. The monoisotopic (exact) mass is 804 g/mol. The summed E-state index contributed by atoms with van der Waals surface area (Å²) >= 11 is 12.4. The van der Waals surface area contributed by atoms with Gasteiger partial charge in [-0.25, -0.2) is 26.0 Å². The second-order valence-electron chi connectivity index (χ2n) is 11.1. The molecule has 0 saturated carbocycles. The average Bonchev–Trinajstić information content (AvgIpc) is 3.43. The maximum absolute atomic E-state index is 13.2. The summed E-state index contributed by atoms with van der Waals surface area (Å²) in [7, 11) is -8.93. The van der Waals surface area contributed by atoms with Gasteiger partial charge in [-0.15, -0.1) is 0 Å². The molecule has 4 rings (SSSR count). The maximum atomic E-state index is 13.2. The Morgan fingerprint density at radius 1 is 0.940 bits per heavy atom. The van der Waals surface area contributed by atoms with Crippen LogP contribution in [-0.4, -0.2) is 60.6 Å². The molecular weight excluding hydrogens is 771 g/mol. The number of aryl methyl sites for hydroxylation is 2. The van der Waals surface area contributed by atoms with Gasteiger partial charge in [-0.05, 0) is 75.7 Å². The number of thioether (sulfide) groups is 1. The first-order valence-corrected chi connectivity index (χ1v) is 19.8. The van der Waals surface area contributed by atoms with E-state index in [2.05, 4.69) is 0 Å². The van der Waals surface area contributed by atoms with Crippen molar-refractivity contribution in [1.82, 2.24) is 4.57 Å². The molecule has 0 bridgehead atoms. The van der Waals surface area contributed by atoms with Gasteiger partial charge in [0.2, 0.25) is 0 Å². The molecule has 0 atom stereocenters. The molecule has 0 fully saturated rings. The van der Waals surface area contributed by atoms with Crippen molar-refractivity contribution >= 4 is 83.7 Å². The molecule has 1 aromatic heterocycles. The fraction of sp³-hybridized carbons (Fsp3) is 0.387. The molecule has 1 aliphatic rings. The molecule has 0 N–H and O–H groups in total. The molecule has 10 nitrogen and oxygen atoms in total. The van der Waals surface area contributed by atoms with Gasteiger partial charge in [0.25, 0.3) is 5.82 Å². The van der Waals surface area contributed by atoms with Crippen molar-refractivity contribution in [2.75, 3.05) is 34.4 Å². The number of aromatic nitrogens is 2. The van der Waals surface area contributed by atoms with Crippen molar-refractivity contribution in [3.63, 3.8) is 0 Å². The van der Waals surface area contributed by atoms with Crippen molar-refractivity contribution in [2.45, 2.75) is 57.1 Å². The average molecular weight is 806 g/mol. The van der Waals surface area contributed by atoms with Crippen LogP contribution in [0.4, 0.5) is 24.5 Å². The first kappa shape index (κ1) is 42.7. The van der Waals surface area contributed by atoms with Crippen LogP contribution >= 0.6 is 35.0 Å². The number of anilines is 2. The van der Waals surface area contributed by atoms with Gasteiger partial charge in [-0.1, -0.05) is 40.9 Å². The molecule has 3 aromatic rings. The van der Waals surface area contributed by atoms with E-state index in [4.69, 9.17) is 23.2 Å². The molecule has 0 unspecified atom stereocenters. The minimum absolute atomic E-state index is 0. The fourth-order valence-corrected chi connectivity index (χ4v) is 7.50. The third-order valence-electron chi connectivity index (χ3n) is 7.64. The Bertz CT molecular complexity index is 2040. The molecule has 0 aliphatic carbocycles. The van der Waals surface area contributed by atoms with Crippen molar-refractivity contribution in [1.29, 1.82) is 0 Å². The smallest absolute Gasteiger partial charge is 0.748 e. The van der Waals surface area contributed by atoms with E-state index in [1.165, 1.54) is 12.1 Å². The van der Waals surface area contributed by atoms with E-state index in [1.54, 1.807) is 34.9 Å². The normalized spacial score (nSPS) is 15.1. The second-order valence-corrected chi connectivity index (χ2v) is 16.1. The number of rotatable bonds is 14. The van der Waals surface area contributed by atoms with Crippen LogP contribution < -0.4 is 43.9 Å². The number of alkyl halides is 3. The van der Waals surface area contributed by atoms with Crippen LogP contribution in [0.25, 0.3) is 17.1 Å². The van der Waals surface area contributed by atoms with E-state index in [0.717, 1.165) is 11.3 Å². The molecule has 1 aliphatic heterocycles. The maximum Gasteiger partial charge on any atom is 1.00 e. The zero-order valence-corrected chi connectivity index (χ0v) is 33.7. The van der Waals surface area contributed by atoms with Crippen molar-refractivity contribution in [3.8, 4) is 0 Å². The Morgan fingerprint density at radius 2 is 1.52 bits per heavy atom. The predicted molar refractivity (Wildman–Crippen MR) is 186 cm³/mol. The summed E-state index contributed by atoms with van der Waals surface area (Å²) in [5.74, 6) is 0.108. The Kier molecular flexibility index (Phi) is 14.9. The third-order valence-corrected chi connectivity index (χ3v) is 10.7.